The molecule has 0 aromatic rings. The first-order chi connectivity index (χ1) is 8.33. The molecule has 0 aliphatic rings. The zero-order chi connectivity index (χ0) is 16.3. The van der Waals surface area contributed by atoms with Gasteiger partial charge in [0.25, 0.3) is 0 Å². The summed E-state index contributed by atoms with van der Waals surface area (Å²) in [4.78, 5) is 0. The van der Waals surface area contributed by atoms with Crippen LogP contribution in [-0.2, 0) is 19.5 Å². The van der Waals surface area contributed by atoms with Crippen molar-refractivity contribution in [3.05, 3.63) is 13.2 Å². The largest absolute Gasteiger partial charge is 0.457 e. The van der Waals surface area contributed by atoms with Crippen molar-refractivity contribution in [2.24, 2.45) is 0 Å². The Morgan fingerprint density at radius 1 is 0.850 bits per heavy atom. The van der Waals surface area contributed by atoms with E-state index in [1.165, 1.54) is 0 Å². The molecule has 0 saturated carbocycles. The van der Waals surface area contributed by atoms with E-state index in [0.717, 1.165) is 0 Å². The molecule has 0 heterocycles. The Labute approximate surface area is 126 Å². The minimum absolute atomic E-state index is 0. The van der Waals surface area contributed by atoms with Crippen molar-refractivity contribution >= 4 is 0 Å². The first kappa shape index (κ1) is 27.7. The van der Waals surface area contributed by atoms with Crippen LogP contribution in [-0.4, -0.2) is 34.8 Å². The predicted molar refractivity (Wildman–Crippen MR) is 59.1 cm³/mol. The summed E-state index contributed by atoms with van der Waals surface area (Å²) in [5.74, 6) is 0.174. The van der Waals surface area contributed by atoms with Gasteiger partial charge in [-0.2, -0.15) is 26.3 Å². The van der Waals surface area contributed by atoms with Crippen LogP contribution in [0.4, 0.5) is 26.3 Å². The van der Waals surface area contributed by atoms with Gasteiger partial charge in [0.1, 0.15) is 0 Å². The SMILES string of the molecule is C=C.CC(O)CC(C)O.FC(F)(F)C#CC(F)(F)F.[Rh]. The average Bonchev–Trinajstić information content (AvgIpc) is 2.15. The molecule has 0 bridgehead atoms. The summed E-state index contributed by atoms with van der Waals surface area (Å²) in [7, 11) is 0. The average molecular weight is 397 g/mol. The standard InChI is InChI=1S/C5H12O2.C4F6.C2H4.Rh/c1-4(6)3-5(2)7;5-3(6,7)1-2-4(8,9)10;1-2;/h4-7H,3H2,1-2H3;;1-2H2;. The summed E-state index contributed by atoms with van der Waals surface area (Å²) in [5.41, 5.74) is 0. The Hall–Kier alpha value is -0.577. The second-order valence-corrected chi connectivity index (χ2v) is 3.18. The van der Waals surface area contributed by atoms with Crippen LogP contribution in [0.15, 0.2) is 13.2 Å². The van der Waals surface area contributed by atoms with E-state index < -0.39 is 12.4 Å². The van der Waals surface area contributed by atoms with Gasteiger partial charge in [-0.1, -0.05) is 0 Å². The first-order valence-corrected chi connectivity index (χ1v) is 4.87. The van der Waals surface area contributed by atoms with Crippen molar-refractivity contribution in [2.75, 3.05) is 0 Å². The summed E-state index contributed by atoms with van der Waals surface area (Å²) in [6.07, 6.45) is -10.4. The van der Waals surface area contributed by atoms with Gasteiger partial charge in [0.15, 0.2) is 0 Å². The number of rotatable bonds is 2. The van der Waals surface area contributed by atoms with Gasteiger partial charge in [-0.05, 0) is 20.3 Å². The molecule has 0 saturated heterocycles. The summed E-state index contributed by atoms with van der Waals surface area (Å²) in [6, 6.07) is 0. The summed E-state index contributed by atoms with van der Waals surface area (Å²) in [6.45, 7) is 9.32. The maximum atomic E-state index is 10.9. The Morgan fingerprint density at radius 3 is 1.10 bits per heavy atom. The van der Waals surface area contributed by atoms with E-state index in [0.29, 0.717) is 6.42 Å². The fraction of sp³-hybridized carbons (Fsp3) is 0.636. The zero-order valence-electron chi connectivity index (χ0n) is 10.8. The van der Waals surface area contributed by atoms with E-state index in [9.17, 15) is 26.3 Å². The summed E-state index contributed by atoms with van der Waals surface area (Å²) in [5, 5.41) is 17.1. The van der Waals surface area contributed by atoms with Gasteiger partial charge in [0.05, 0.1) is 12.2 Å². The van der Waals surface area contributed by atoms with E-state index in [-0.39, 0.29) is 43.5 Å². The summed E-state index contributed by atoms with van der Waals surface area (Å²) < 4.78 is 65.5. The molecule has 0 amide bonds. The Morgan fingerprint density at radius 2 is 1.05 bits per heavy atom. The predicted octanol–water partition coefficient (Wildman–Crippen LogP) is 3.05. The third-order valence-electron chi connectivity index (χ3n) is 1.03. The smallest absolute Gasteiger partial charge is 0.393 e. The molecule has 0 aromatic carbocycles. The third kappa shape index (κ3) is 43.3. The topological polar surface area (TPSA) is 40.5 Å². The van der Waals surface area contributed by atoms with Crippen molar-refractivity contribution in [2.45, 2.75) is 44.8 Å². The molecule has 2 unspecified atom stereocenters. The first-order valence-electron chi connectivity index (χ1n) is 4.87. The fourth-order valence-corrected chi connectivity index (χ4v) is 0.635. The van der Waals surface area contributed by atoms with Crippen molar-refractivity contribution in [1.82, 2.24) is 0 Å². The number of aliphatic hydroxyl groups is 2. The minimum Gasteiger partial charge on any atom is -0.393 e. The molecule has 1 radical (unpaired) electrons. The van der Waals surface area contributed by atoms with E-state index in [1.54, 1.807) is 13.8 Å². The second-order valence-electron chi connectivity index (χ2n) is 3.18. The second kappa shape index (κ2) is 13.4. The minimum atomic E-state index is -5.07. The van der Waals surface area contributed by atoms with Crippen LogP contribution < -0.4 is 0 Å². The van der Waals surface area contributed by atoms with Crippen LogP contribution in [0.1, 0.15) is 20.3 Å². The fourth-order valence-electron chi connectivity index (χ4n) is 0.635. The number of alkyl halides is 6. The molecule has 0 fully saturated rings. The molecular weight excluding hydrogens is 381 g/mol. The van der Waals surface area contributed by atoms with Crippen molar-refractivity contribution in [1.29, 1.82) is 0 Å². The van der Waals surface area contributed by atoms with Gasteiger partial charge in [-0.25, -0.2) is 0 Å². The monoisotopic (exact) mass is 397 g/mol. The van der Waals surface area contributed by atoms with Gasteiger partial charge in [-0.3, -0.25) is 0 Å². The molecule has 0 spiro atoms. The van der Waals surface area contributed by atoms with E-state index in [4.69, 9.17) is 10.2 Å². The van der Waals surface area contributed by atoms with Crippen LogP contribution in [0.2, 0.25) is 0 Å². The van der Waals surface area contributed by atoms with Crippen molar-refractivity contribution < 1.29 is 56.0 Å². The molecule has 123 valence electrons. The number of hydrogen-bond donors (Lipinski definition) is 2. The molecule has 2 N–H and O–H groups in total. The number of hydrogen-bond acceptors (Lipinski definition) is 2. The van der Waals surface area contributed by atoms with E-state index in [2.05, 4.69) is 13.2 Å². The van der Waals surface area contributed by atoms with E-state index >= 15 is 0 Å². The van der Waals surface area contributed by atoms with Gasteiger partial charge < -0.3 is 10.2 Å². The van der Waals surface area contributed by atoms with Crippen LogP contribution in [0.5, 0.6) is 0 Å². The molecular formula is C11H16F6O2Rh. The normalized spacial score (nSPS) is 12.9. The van der Waals surface area contributed by atoms with Crippen LogP contribution >= 0.6 is 0 Å². The molecule has 20 heavy (non-hydrogen) atoms. The molecule has 0 aliphatic heterocycles. The molecule has 2 atom stereocenters. The van der Waals surface area contributed by atoms with Gasteiger partial charge in [0, 0.05) is 31.3 Å². The van der Waals surface area contributed by atoms with Crippen molar-refractivity contribution in [3.63, 3.8) is 0 Å². The quantitative estimate of drug-likeness (QED) is 0.326. The third-order valence-corrected chi connectivity index (χ3v) is 1.03. The molecule has 2 nitrogen and oxygen atoms in total. The van der Waals surface area contributed by atoms with Gasteiger partial charge >= 0.3 is 12.4 Å². The maximum absolute atomic E-state index is 10.9. The van der Waals surface area contributed by atoms with Gasteiger partial charge in [0.2, 0.25) is 0 Å². The van der Waals surface area contributed by atoms with Crippen LogP contribution in [0.25, 0.3) is 0 Å². The Bertz CT molecular complexity index is 251. The van der Waals surface area contributed by atoms with Crippen molar-refractivity contribution in [3.8, 4) is 11.8 Å². The molecule has 0 aliphatic carbocycles. The molecule has 9 heteroatoms. The summed E-state index contributed by atoms with van der Waals surface area (Å²) >= 11 is 0. The Kier molecular flexibility index (Phi) is 18.6. The number of halogens is 6. The van der Waals surface area contributed by atoms with Gasteiger partial charge in [-0.15, -0.1) is 13.2 Å². The Balaban J connectivity index is -0.000000113. The van der Waals surface area contributed by atoms with Crippen LogP contribution in [0, 0.1) is 11.8 Å². The van der Waals surface area contributed by atoms with E-state index in [1.807, 2.05) is 0 Å². The zero-order valence-corrected chi connectivity index (χ0v) is 12.4. The molecule has 0 rings (SSSR count). The molecule has 0 aromatic heterocycles. The number of aliphatic hydroxyl groups excluding tert-OH is 2. The maximum Gasteiger partial charge on any atom is 0.457 e. The van der Waals surface area contributed by atoms with Crippen LogP contribution in [0.3, 0.4) is 0 Å².